The van der Waals surface area contributed by atoms with Gasteiger partial charge in [0.1, 0.15) is 17.9 Å². The largest absolute Gasteiger partial charge is 0.481 e. The minimum Gasteiger partial charge on any atom is -0.481 e. The first kappa shape index (κ1) is 17.1. The van der Waals surface area contributed by atoms with E-state index in [2.05, 4.69) is 17.2 Å². The maximum Gasteiger partial charge on any atom is 0.282 e. The first-order valence-corrected chi connectivity index (χ1v) is 7.65. The number of nitro groups is 1. The lowest BCUT2D eigenvalue weighted by Gasteiger charge is -2.03. The Hall–Kier alpha value is -3.73. The van der Waals surface area contributed by atoms with Crippen molar-refractivity contribution in [1.82, 2.24) is 5.32 Å². The maximum atomic E-state index is 12.0. The number of hydrogen-bond donors (Lipinski definition) is 1. The number of rotatable bonds is 5. The van der Waals surface area contributed by atoms with Gasteiger partial charge < -0.3 is 19.5 Å². The summed E-state index contributed by atoms with van der Waals surface area (Å²) in [6.07, 6.45) is 0. The van der Waals surface area contributed by atoms with E-state index in [1.54, 1.807) is 24.3 Å². The highest BCUT2D eigenvalue weighted by molar-refractivity contribution is 5.98. The molecule has 0 radical (unpaired) electrons. The van der Waals surface area contributed by atoms with Gasteiger partial charge in [0.25, 0.3) is 11.6 Å². The molecule has 1 heterocycles. The molecule has 0 atom stereocenters. The van der Waals surface area contributed by atoms with Crippen LogP contribution in [0.2, 0.25) is 0 Å². The third kappa shape index (κ3) is 4.02. The highest BCUT2D eigenvalue weighted by atomic mass is 16.7. The number of benzene rings is 2. The van der Waals surface area contributed by atoms with Crippen LogP contribution in [0.3, 0.4) is 0 Å². The third-order valence-corrected chi connectivity index (χ3v) is 3.46. The number of amides is 1. The molecule has 132 valence electrons. The zero-order chi connectivity index (χ0) is 18.4. The van der Waals surface area contributed by atoms with Crippen molar-refractivity contribution < 1.29 is 23.9 Å². The Balaban J connectivity index is 1.47. The van der Waals surface area contributed by atoms with E-state index < -0.39 is 10.8 Å². The molecule has 0 aromatic heterocycles. The van der Waals surface area contributed by atoms with Crippen molar-refractivity contribution in [1.29, 1.82) is 0 Å². The highest BCUT2D eigenvalue weighted by Crippen LogP contribution is 2.34. The molecule has 0 spiro atoms. The number of nitro benzene ring substituents is 1. The van der Waals surface area contributed by atoms with Crippen LogP contribution in [0, 0.1) is 22.0 Å². The number of fused-ring (bicyclic) bond motifs is 1. The fourth-order valence-electron chi connectivity index (χ4n) is 2.24. The van der Waals surface area contributed by atoms with Gasteiger partial charge in [0, 0.05) is 12.1 Å². The second kappa shape index (κ2) is 7.90. The van der Waals surface area contributed by atoms with Crippen LogP contribution < -0.4 is 19.5 Å². The summed E-state index contributed by atoms with van der Waals surface area (Å²) in [6.45, 7) is 0.369. The van der Waals surface area contributed by atoms with Crippen molar-refractivity contribution in [3.63, 3.8) is 0 Å². The molecule has 26 heavy (non-hydrogen) atoms. The van der Waals surface area contributed by atoms with Crippen molar-refractivity contribution in [3.8, 4) is 29.1 Å². The van der Waals surface area contributed by atoms with E-state index >= 15 is 0 Å². The predicted octanol–water partition coefficient (Wildman–Crippen LogP) is 2.14. The maximum absolute atomic E-state index is 12.0. The van der Waals surface area contributed by atoms with Crippen molar-refractivity contribution in [2.24, 2.45) is 0 Å². The van der Waals surface area contributed by atoms with Gasteiger partial charge in [0.2, 0.25) is 6.79 Å². The zero-order valence-corrected chi connectivity index (χ0v) is 13.6. The summed E-state index contributed by atoms with van der Waals surface area (Å²) in [6, 6.07) is 10.9. The molecule has 0 saturated carbocycles. The number of carbonyl (C=O) groups excluding carboxylic acids is 1. The number of ether oxygens (including phenoxy) is 3. The van der Waals surface area contributed by atoms with Crippen LogP contribution in [0.5, 0.6) is 17.2 Å². The SMILES string of the molecule is O=C(NCC#CCOc1ccc2c(c1)OCO2)c1ccccc1[N+](=O)[O-]. The van der Waals surface area contributed by atoms with Crippen LogP contribution in [-0.4, -0.2) is 30.8 Å². The Morgan fingerprint density at radius 1 is 1.19 bits per heavy atom. The smallest absolute Gasteiger partial charge is 0.282 e. The lowest BCUT2D eigenvalue weighted by Crippen LogP contribution is -2.24. The van der Waals surface area contributed by atoms with Crippen LogP contribution in [0.1, 0.15) is 10.4 Å². The van der Waals surface area contributed by atoms with Crippen LogP contribution in [-0.2, 0) is 0 Å². The van der Waals surface area contributed by atoms with Crippen LogP contribution in [0.15, 0.2) is 42.5 Å². The van der Waals surface area contributed by atoms with Gasteiger partial charge in [-0.1, -0.05) is 24.0 Å². The van der Waals surface area contributed by atoms with Crippen LogP contribution >= 0.6 is 0 Å². The van der Waals surface area contributed by atoms with Gasteiger partial charge in [-0.05, 0) is 18.2 Å². The normalized spacial score (nSPS) is 11.2. The van der Waals surface area contributed by atoms with Gasteiger partial charge in [-0.15, -0.1) is 0 Å². The Morgan fingerprint density at radius 3 is 2.85 bits per heavy atom. The second-order valence-electron chi connectivity index (χ2n) is 5.11. The molecule has 8 heteroatoms. The number of hydrogen-bond acceptors (Lipinski definition) is 6. The summed E-state index contributed by atoms with van der Waals surface area (Å²) in [5, 5.41) is 13.4. The molecular formula is C18H14N2O6. The Bertz CT molecular complexity index is 900. The van der Waals surface area contributed by atoms with Gasteiger partial charge >= 0.3 is 0 Å². The van der Waals surface area contributed by atoms with Gasteiger partial charge in [0.05, 0.1) is 11.5 Å². The zero-order valence-electron chi connectivity index (χ0n) is 13.6. The average Bonchev–Trinajstić information content (AvgIpc) is 3.12. The summed E-state index contributed by atoms with van der Waals surface area (Å²) < 4.78 is 15.9. The molecule has 1 aliphatic heterocycles. The molecule has 0 unspecified atom stereocenters. The fraction of sp³-hybridized carbons (Fsp3) is 0.167. The lowest BCUT2D eigenvalue weighted by molar-refractivity contribution is -0.385. The molecular weight excluding hydrogens is 340 g/mol. The van der Waals surface area contributed by atoms with Crippen LogP contribution in [0.4, 0.5) is 5.69 Å². The fourth-order valence-corrected chi connectivity index (χ4v) is 2.24. The van der Waals surface area contributed by atoms with E-state index in [4.69, 9.17) is 14.2 Å². The standard InChI is InChI=1S/C18H14N2O6/c21-18(14-5-1-2-6-15(14)20(22)23)19-9-3-4-10-24-13-7-8-16-17(11-13)26-12-25-16/h1-2,5-8,11H,9-10,12H2,(H,19,21). The van der Waals surface area contributed by atoms with Gasteiger partial charge in [-0.2, -0.15) is 0 Å². The number of carbonyl (C=O) groups is 1. The number of nitrogens with zero attached hydrogens (tertiary/aromatic N) is 1. The molecule has 1 aliphatic rings. The molecule has 2 aromatic rings. The number of para-hydroxylation sites is 1. The minimum absolute atomic E-state index is 0.00379. The van der Waals surface area contributed by atoms with E-state index in [0.717, 1.165) is 0 Å². The minimum atomic E-state index is -0.597. The van der Waals surface area contributed by atoms with Gasteiger partial charge in [-0.25, -0.2) is 0 Å². The first-order chi connectivity index (χ1) is 12.6. The molecule has 1 amide bonds. The van der Waals surface area contributed by atoms with Gasteiger partial charge in [-0.3, -0.25) is 14.9 Å². The molecule has 0 saturated heterocycles. The molecule has 2 aromatic carbocycles. The summed E-state index contributed by atoms with van der Waals surface area (Å²) >= 11 is 0. The number of nitrogens with one attached hydrogen (secondary N) is 1. The van der Waals surface area contributed by atoms with Gasteiger partial charge in [0.15, 0.2) is 11.5 Å². The van der Waals surface area contributed by atoms with E-state index in [0.29, 0.717) is 17.2 Å². The average molecular weight is 354 g/mol. The molecule has 0 aliphatic carbocycles. The summed E-state index contributed by atoms with van der Waals surface area (Å²) in [5.74, 6) is 6.80. The topological polar surface area (TPSA) is 99.9 Å². The molecule has 0 fully saturated rings. The summed E-state index contributed by atoms with van der Waals surface area (Å²) in [5.41, 5.74) is -0.250. The predicted molar refractivity (Wildman–Crippen MR) is 91.3 cm³/mol. The van der Waals surface area contributed by atoms with E-state index in [1.165, 1.54) is 18.2 Å². The van der Waals surface area contributed by atoms with E-state index in [-0.39, 0.29) is 31.2 Å². The van der Waals surface area contributed by atoms with Crippen molar-refractivity contribution in [2.45, 2.75) is 0 Å². The van der Waals surface area contributed by atoms with Crippen molar-refractivity contribution >= 4 is 11.6 Å². The molecule has 3 rings (SSSR count). The van der Waals surface area contributed by atoms with Crippen molar-refractivity contribution in [2.75, 3.05) is 19.9 Å². The van der Waals surface area contributed by atoms with Crippen LogP contribution in [0.25, 0.3) is 0 Å². The summed E-state index contributed by atoms with van der Waals surface area (Å²) in [4.78, 5) is 22.3. The Morgan fingerprint density at radius 2 is 2.00 bits per heavy atom. The lowest BCUT2D eigenvalue weighted by atomic mass is 10.1. The van der Waals surface area contributed by atoms with E-state index in [9.17, 15) is 14.9 Å². The second-order valence-corrected chi connectivity index (χ2v) is 5.11. The van der Waals surface area contributed by atoms with E-state index in [1.807, 2.05) is 0 Å². The first-order valence-electron chi connectivity index (χ1n) is 7.65. The monoisotopic (exact) mass is 354 g/mol. The quantitative estimate of drug-likeness (QED) is 0.502. The Kier molecular flexibility index (Phi) is 5.19. The summed E-state index contributed by atoms with van der Waals surface area (Å²) in [7, 11) is 0. The van der Waals surface area contributed by atoms with Crippen molar-refractivity contribution in [3.05, 3.63) is 58.1 Å². The highest BCUT2D eigenvalue weighted by Gasteiger charge is 2.18. The third-order valence-electron chi connectivity index (χ3n) is 3.46. The molecule has 0 bridgehead atoms. The Labute approximate surface area is 148 Å². The molecule has 1 N–H and O–H groups in total. The molecule has 8 nitrogen and oxygen atoms in total.